The first-order valence-corrected chi connectivity index (χ1v) is 9.00. The highest BCUT2D eigenvalue weighted by Gasteiger charge is 2.26. The standard InChI is InChI=1S/C18H22N6O2/c25-17(14-11-15(21-12-14)18(26)23-5-1-2-6-23)24-9-7-22(8-10-24)16-13-19-3-4-20-16/h3-4,11-13,21H,1-2,5-10H2. The van der Waals surface area contributed by atoms with Crippen LogP contribution in [0.5, 0.6) is 0 Å². The van der Waals surface area contributed by atoms with Gasteiger partial charge in [0.1, 0.15) is 11.5 Å². The normalized spacial score (nSPS) is 17.6. The molecule has 2 aliphatic heterocycles. The number of likely N-dealkylation sites (tertiary alicyclic amines) is 1. The highest BCUT2D eigenvalue weighted by molar-refractivity contribution is 5.99. The lowest BCUT2D eigenvalue weighted by Crippen LogP contribution is -2.49. The maximum absolute atomic E-state index is 12.7. The molecular weight excluding hydrogens is 332 g/mol. The number of carbonyl (C=O) groups is 2. The molecule has 2 fully saturated rings. The number of hydrogen-bond donors (Lipinski definition) is 1. The van der Waals surface area contributed by atoms with Gasteiger partial charge in [0.2, 0.25) is 0 Å². The number of aromatic amines is 1. The lowest BCUT2D eigenvalue weighted by molar-refractivity contribution is 0.0746. The third kappa shape index (κ3) is 3.26. The molecule has 8 nitrogen and oxygen atoms in total. The first-order valence-electron chi connectivity index (χ1n) is 9.00. The minimum atomic E-state index is -0.0412. The van der Waals surface area contributed by atoms with E-state index in [1.807, 2.05) is 9.80 Å². The van der Waals surface area contributed by atoms with Crippen molar-refractivity contribution < 1.29 is 9.59 Å². The largest absolute Gasteiger partial charge is 0.356 e. The third-order valence-electron chi connectivity index (χ3n) is 4.99. The van der Waals surface area contributed by atoms with Crippen LogP contribution in [0.4, 0.5) is 5.82 Å². The lowest BCUT2D eigenvalue weighted by atomic mass is 10.2. The van der Waals surface area contributed by atoms with Crippen molar-refractivity contribution in [3.8, 4) is 0 Å². The molecule has 0 atom stereocenters. The number of anilines is 1. The van der Waals surface area contributed by atoms with Crippen molar-refractivity contribution in [2.75, 3.05) is 44.2 Å². The lowest BCUT2D eigenvalue weighted by Gasteiger charge is -2.35. The molecule has 2 aromatic heterocycles. The van der Waals surface area contributed by atoms with Gasteiger partial charge in [0.05, 0.1) is 11.8 Å². The molecule has 8 heteroatoms. The number of piperazine rings is 1. The molecule has 2 aliphatic rings. The summed E-state index contributed by atoms with van der Waals surface area (Å²) in [5, 5.41) is 0. The number of carbonyl (C=O) groups excluding carboxylic acids is 2. The highest BCUT2D eigenvalue weighted by Crippen LogP contribution is 2.16. The maximum atomic E-state index is 12.7. The summed E-state index contributed by atoms with van der Waals surface area (Å²) in [4.78, 5) is 42.3. The summed E-state index contributed by atoms with van der Waals surface area (Å²) >= 11 is 0. The van der Waals surface area contributed by atoms with Crippen molar-refractivity contribution in [3.05, 3.63) is 42.1 Å². The summed E-state index contributed by atoms with van der Waals surface area (Å²) in [6, 6.07) is 1.68. The molecule has 136 valence electrons. The van der Waals surface area contributed by atoms with Crippen molar-refractivity contribution in [2.24, 2.45) is 0 Å². The number of nitrogens with one attached hydrogen (secondary N) is 1. The quantitative estimate of drug-likeness (QED) is 0.889. The SMILES string of the molecule is O=C(c1c[nH]c(C(=O)N2CCCC2)c1)N1CCN(c2cnccn2)CC1. The predicted octanol–water partition coefficient (Wildman–Crippen LogP) is 1.00. The van der Waals surface area contributed by atoms with E-state index in [0.29, 0.717) is 37.4 Å². The summed E-state index contributed by atoms with van der Waals surface area (Å²) < 4.78 is 0. The average Bonchev–Trinajstić information content (AvgIpc) is 3.40. The second-order valence-corrected chi connectivity index (χ2v) is 6.64. The van der Waals surface area contributed by atoms with Crippen molar-refractivity contribution in [1.29, 1.82) is 0 Å². The Bertz CT molecular complexity index is 776. The first-order chi connectivity index (χ1) is 12.7. The fourth-order valence-corrected chi connectivity index (χ4v) is 3.51. The van der Waals surface area contributed by atoms with E-state index in [1.165, 1.54) is 0 Å². The first kappa shape index (κ1) is 16.6. The zero-order valence-electron chi connectivity index (χ0n) is 14.6. The fraction of sp³-hybridized carbons (Fsp3) is 0.444. The topological polar surface area (TPSA) is 85.4 Å². The molecule has 2 amide bonds. The molecule has 0 radical (unpaired) electrons. The predicted molar refractivity (Wildman–Crippen MR) is 96.1 cm³/mol. The minimum Gasteiger partial charge on any atom is -0.356 e. The smallest absolute Gasteiger partial charge is 0.270 e. The monoisotopic (exact) mass is 354 g/mol. The van der Waals surface area contributed by atoms with Gasteiger partial charge in [-0.2, -0.15) is 0 Å². The molecule has 26 heavy (non-hydrogen) atoms. The molecule has 0 saturated carbocycles. The molecular formula is C18H22N6O2. The van der Waals surface area contributed by atoms with Crippen LogP contribution in [-0.4, -0.2) is 75.8 Å². The fourth-order valence-electron chi connectivity index (χ4n) is 3.51. The van der Waals surface area contributed by atoms with Crippen LogP contribution in [0.3, 0.4) is 0 Å². The van der Waals surface area contributed by atoms with E-state index in [9.17, 15) is 9.59 Å². The van der Waals surface area contributed by atoms with Crippen LogP contribution >= 0.6 is 0 Å². The van der Waals surface area contributed by atoms with Gasteiger partial charge in [-0.3, -0.25) is 14.6 Å². The number of hydrogen-bond acceptors (Lipinski definition) is 5. The van der Waals surface area contributed by atoms with E-state index < -0.39 is 0 Å². The van der Waals surface area contributed by atoms with E-state index in [2.05, 4.69) is 19.9 Å². The van der Waals surface area contributed by atoms with Crippen LogP contribution in [0, 0.1) is 0 Å². The van der Waals surface area contributed by atoms with Crippen molar-refractivity contribution >= 4 is 17.6 Å². The van der Waals surface area contributed by atoms with Gasteiger partial charge in [-0.1, -0.05) is 0 Å². The van der Waals surface area contributed by atoms with Gasteiger partial charge in [-0.15, -0.1) is 0 Å². The van der Waals surface area contributed by atoms with Gasteiger partial charge in [0.15, 0.2) is 0 Å². The Hall–Kier alpha value is -2.90. The zero-order valence-corrected chi connectivity index (χ0v) is 14.6. The van der Waals surface area contributed by atoms with Crippen LogP contribution in [0.25, 0.3) is 0 Å². The molecule has 0 spiro atoms. The Balaban J connectivity index is 1.37. The van der Waals surface area contributed by atoms with Crippen LogP contribution < -0.4 is 4.90 Å². The second-order valence-electron chi connectivity index (χ2n) is 6.64. The Kier molecular flexibility index (Phi) is 4.55. The van der Waals surface area contributed by atoms with E-state index in [1.54, 1.807) is 30.9 Å². The van der Waals surface area contributed by atoms with Crippen LogP contribution in [0.1, 0.15) is 33.7 Å². The van der Waals surface area contributed by atoms with E-state index in [-0.39, 0.29) is 11.8 Å². The van der Waals surface area contributed by atoms with Crippen molar-refractivity contribution in [1.82, 2.24) is 24.8 Å². The molecule has 0 bridgehead atoms. The molecule has 4 rings (SSSR count). The maximum Gasteiger partial charge on any atom is 0.270 e. The third-order valence-corrected chi connectivity index (χ3v) is 4.99. The van der Waals surface area contributed by atoms with Gasteiger partial charge in [0, 0.05) is 57.9 Å². The molecule has 0 unspecified atom stereocenters. The molecule has 2 aromatic rings. The van der Waals surface area contributed by atoms with Crippen LogP contribution in [0.15, 0.2) is 30.9 Å². The number of H-pyrrole nitrogens is 1. The Morgan fingerprint density at radius 2 is 1.65 bits per heavy atom. The molecule has 2 saturated heterocycles. The van der Waals surface area contributed by atoms with Gasteiger partial charge < -0.3 is 19.7 Å². The Labute approximate surface area is 151 Å². The Morgan fingerprint density at radius 3 is 2.35 bits per heavy atom. The number of rotatable bonds is 3. The summed E-state index contributed by atoms with van der Waals surface area (Å²) in [5.41, 5.74) is 1.04. The molecule has 0 aromatic carbocycles. The highest BCUT2D eigenvalue weighted by atomic mass is 16.2. The summed E-state index contributed by atoms with van der Waals surface area (Å²) in [6.07, 6.45) is 8.80. The zero-order chi connectivity index (χ0) is 17.9. The van der Waals surface area contributed by atoms with Crippen LogP contribution in [0.2, 0.25) is 0 Å². The Morgan fingerprint density at radius 1 is 0.923 bits per heavy atom. The number of aromatic nitrogens is 3. The number of amides is 2. The van der Waals surface area contributed by atoms with Crippen molar-refractivity contribution in [2.45, 2.75) is 12.8 Å². The summed E-state index contributed by atoms with van der Waals surface area (Å²) in [6.45, 7) is 4.27. The summed E-state index contributed by atoms with van der Waals surface area (Å²) in [5.74, 6) is 0.772. The molecule has 4 heterocycles. The van der Waals surface area contributed by atoms with Gasteiger partial charge in [-0.25, -0.2) is 4.98 Å². The van der Waals surface area contributed by atoms with Gasteiger partial charge in [0.25, 0.3) is 11.8 Å². The summed E-state index contributed by atoms with van der Waals surface area (Å²) in [7, 11) is 0. The van der Waals surface area contributed by atoms with Crippen LogP contribution in [-0.2, 0) is 0 Å². The second kappa shape index (κ2) is 7.15. The minimum absolute atomic E-state index is 0.0194. The van der Waals surface area contributed by atoms with E-state index >= 15 is 0 Å². The van der Waals surface area contributed by atoms with E-state index in [4.69, 9.17) is 0 Å². The molecule has 0 aliphatic carbocycles. The van der Waals surface area contributed by atoms with Gasteiger partial charge >= 0.3 is 0 Å². The van der Waals surface area contributed by atoms with Gasteiger partial charge in [-0.05, 0) is 18.9 Å². The van der Waals surface area contributed by atoms with E-state index in [0.717, 1.165) is 31.7 Å². The van der Waals surface area contributed by atoms with Crippen molar-refractivity contribution in [3.63, 3.8) is 0 Å². The average molecular weight is 354 g/mol. The molecule has 1 N–H and O–H groups in total. The number of nitrogens with zero attached hydrogens (tertiary/aromatic N) is 5.